The molecule has 0 fully saturated rings. The summed E-state index contributed by atoms with van der Waals surface area (Å²) >= 11 is 0. The molecule has 1 unspecified atom stereocenters. The van der Waals surface area contributed by atoms with Crippen LogP contribution in [-0.4, -0.2) is 39.1 Å². The van der Waals surface area contributed by atoms with Gasteiger partial charge in [0.25, 0.3) is 0 Å². The summed E-state index contributed by atoms with van der Waals surface area (Å²) in [7, 11) is -5.38. The maximum absolute atomic E-state index is 12.3. The van der Waals surface area contributed by atoms with Crippen LogP contribution in [0.1, 0.15) is 53.4 Å². The molecule has 0 spiro atoms. The summed E-state index contributed by atoms with van der Waals surface area (Å²) in [4.78, 5) is 12.3. The number of allylic oxidation sites excluding steroid dienone is 1. The van der Waals surface area contributed by atoms with E-state index in [1.165, 1.54) is 0 Å². The Bertz CT molecular complexity index is 633. The molecule has 1 rings (SSSR count). The fraction of sp³-hybridized carbons (Fsp3) is 0.800. The third-order valence-electron chi connectivity index (χ3n) is 3.15. The lowest BCUT2D eigenvalue weighted by Crippen LogP contribution is -2.37. The second-order valence-electron chi connectivity index (χ2n) is 6.54. The van der Waals surface area contributed by atoms with Crippen LogP contribution in [0.5, 0.6) is 0 Å². The number of hydrogen-bond acceptors (Lipinski definition) is 7. The summed E-state index contributed by atoms with van der Waals surface area (Å²) in [5.41, 5.74) is -0.659. The molecule has 152 valence electrons. The van der Waals surface area contributed by atoms with E-state index in [0.29, 0.717) is 12.8 Å². The minimum Gasteiger partial charge on any atom is -0.464 e. The molecule has 7 nitrogen and oxygen atoms in total. The van der Waals surface area contributed by atoms with Crippen LogP contribution in [0.4, 0.5) is 13.2 Å². The van der Waals surface area contributed by atoms with Crippen LogP contribution in [-0.2, 0) is 33.0 Å². The summed E-state index contributed by atoms with van der Waals surface area (Å²) in [6, 6.07) is 0. The number of carbonyl (C=O) groups excluding carboxylic acids is 1. The van der Waals surface area contributed by atoms with E-state index >= 15 is 0 Å². The fourth-order valence-electron chi connectivity index (χ4n) is 2.36. The first-order valence-corrected chi connectivity index (χ1v) is 9.35. The predicted molar refractivity (Wildman–Crippen MR) is 83.9 cm³/mol. The zero-order chi connectivity index (χ0) is 20.2. The zero-order valence-electron chi connectivity index (χ0n) is 15.0. The molecule has 0 aromatic carbocycles. The van der Waals surface area contributed by atoms with E-state index in [2.05, 4.69) is 8.37 Å². The summed E-state index contributed by atoms with van der Waals surface area (Å²) in [5, 5.41) is 0. The molecule has 0 bridgehead atoms. The average Bonchev–Trinajstić information content (AvgIpc) is 2.41. The summed E-state index contributed by atoms with van der Waals surface area (Å²) in [6.45, 7) is 6.66. The Morgan fingerprint density at radius 2 is 1.73 bits per heavy atom. The Labute approximate surface area is 150 Å². The largest absolute Gasteiger partial charge is 0.539 e. The molecule has 0 N–H and O–H groups in total. The number of esters is 1. The maximum atomic E-state index is 12.3. The molecular formula is C15H23F3O7S. The van der Waals surface area contributed by atoms with E-state index in [4.69, 9.17) is 9.47 Å². The van der Waals surface area contributed by atoms with Gasteiger partial charge in [0, 0.05) is 12.0 Å². The Morgan fingerprint density at radius 3 is 2.23 bits per heavy atom. The highest BCUT2D eigenvalue weighted by atomic mass is 32.3. The standard InChI is InChI=1S/C15H23F3O7S/c1-5-22-13(19)12(23-14(2,3)4)10-8-6-7-9-11(10)24-26(20,21)25-15(16,17)18/h12H,5-9H2,1-4H3. The van der Waals surface area contributed by atoms with Gasteiger partial charge < -0.3 is 13.7 Å². The average molecular weight is 404 g/mol. The van der Waals surface area contributed by atoms with Crippen molar-refractivity contribution in [3.05, 3.63) is 11.3 Å². The number of hydrogen-bond donors (Lipinski definition) is 0. The van der Waals surface area contributed by atoms with Gasteiger partial charge in [-0.2, -0.15) is 8.42 Å². The Kier molecular flexibility index (Phi) is 7.49. The summed E-state index contributed by atoms with van der Waals surface area (Å²) in [6.07, 6.45) is -5.39. The molecule has 1 aliphatic carbocycles. The van der Waals surface area contributed by atoms with Gasteiger partial charge in [-0.1, -0.05) is 0 Å². The van der Waals surface area contributed by atoms with Crippen molar-refractivity contribution < 1.29 is 44.2 Å². The highest BCUT2D eigenvalue weighted by molar-refractivity contribution is 7.82. The number of ether oxygens (including phenoxy) is 2. The number of rotatable bonds is 7. The van der Waals surface area contributed by atoms with Gasteiger partial charge in [-0.05, 0) is 47.0 Å². The second kappa shape index (κ2) is 8.57. The van der Waals surface area contributed by atoms with Crippen molar-refractivity contribution in [1.82, 2.24) is 0 Å². The van der Waals surface area contributed by atoms with Gasteiger partial charge in [0.05, 0.1) is 12.2 Å². The highest BCUT2D eigenvalue weighted by Crippen LogP contribution is 2.33. The Balaban J connectivity index is 3.23. The van der Waals surface area contributed by atoms with Crippen molar-refractivity contribution in [2.24, 2.45) is 0 Å². The van der Waals surface area contributed by atoms with Crippen LogP contribution in [0, 0.1) is 0 Å². The smallest absolute Gasteiger partial charge is 0.464 e. The fourth-order valence-corrected chi connectivity index (χ4v) is 3.06. The van der Waals surface area contributed by atoms with Gasteiger partial charge in [-0.15, -0.1) is 17.4 Å². The molecule has 1 aliphatic rings. The van der Waals surface area contributed by atoms with Crippen LogP contribution in [0.3, 0.4) is 0 Å². The van der Waals surface area contributed by atoms with Crippen molar-refractivity contribution >= 4 is 16.4 Å². The van der Waals surface area contributed by atoms with Crippen molar-refractivity contribution in [3.8, 4) is 0 Å². The molecule has 0 saturated carbocycles. The molecule has 0 amide bonds. The third-order valence-corrected chi connectivity index (χ3v) is 3.94. The first-order chi connectivity index (χ1) is 11.7. The number of halogens is 3. The molecule has 0 radical (unpaired) electrons. The van der Waals surface area contributed by atoms with Crippen molar-refractivity contribution in [2.45, 2.75) is 71.4 Å². The van der Waals surface area contributed by atoms with Crippen LogP contribution in [0.25, 0.3) is 0 Å². The second-order valence-corrected chi connectivity index (χ2v) is 7.69. The first-order valence-electron chi connectivity index (χ1n) is 8.02. The van der Waals surface area contributed by atoms with Crippen LogP contribution in [0.2, 0.25) is 0 Å². The Morgan fingerprint density at radius 1 is 1.15 bits per heavy atom. The van der Waals surface area contributed by atoms with Crippen LogP contribution < -0.4 is 0 Å². The van der Waals surface area contributed by atoms with Gasteiger partial charge in [-0.3, -0.25) is 0 Å². The van der Waals surface area contributed by atoms with E-state index in [9.17, 15) is 26.4 Å². The molecule has 0 aromatic heterocycles. The molecular weight excluding hydrogens is 381 g/mol. The Hall–Kier alpha value is -1.33. The first kappa shape index (κ1) is 22.7. The minimum atomic E-state index is -5.42. The lowest BCUT2D eigenvalue weighted by atomic mass is 9.93. The summed E-state index contributed by atoms with van der Waals surface area (Å²) < 4.78 is 77.8. The molecule has 0 aromatic rings. The monoisotopic (exact) mass is 404 g/mol. The van der Waals surface area contributed by atoms with E-state index in [-0.39, 0.29) is 30.8 Å². The van der Waals surface area contributed by atoms with E-state index < -0.39 is 34.4 Å². The topological polar surface area (TPSA) is 88.1 Å². The molecule has 0 saturated heterocycles. The predicted octanol–water partition coefficient (Wildman–Crippen LogP) is 3.36. The zero-order valence-corrected chi connectivity index (χ0v) is 15.8. The molecule has 26 heavy (non-hydrogen) atoms. The van der Waals surface area contributed by atoms with Gasteiger partial charge in [-0.25, -0.2) is 4.79 Å². The van der Waals surface area contributed by atoms with Crippen LogP contribution in [0.15, 0.2) is 11.3 Å². The molecule has 0 heterocycles. The SMILES string of the molecule is CCOC(=O)C(OC(C)(C)C)C1=C(OS(=O)(=O)OC(F)(F)F)CCCC1. The molecule has 0 aliphatic heterocycles. The van der Waals surface area contributed by atoms with Crippen molar-refractivity contribution in [2.75, 3.05) is 6.61 Å². The lowest BCUT2D eigenvalue weighted by molar-refractivity contribution is -0.275. The van der Waals surface area contributed by atoms with Crippen molar-refractivity contribution in [1.29, 1.82) is 0 Å². The number of alkyl halides is 3. The molecule has 11 heteroatoms. The highest BCUT2D eigenvalue weighted by Gasteiger charge is 2.40. The van der Waals surface area contributed by atoms with E-state index in [0.717, 1.165) is 0 Å². The normalized spacial score (nSPS) is 17.8. The number of carbonyl (C=O) groups is 1. The van der Waals surface area contributed by atoms with Crippen LogP contribution >= 0.6 is 0 Å². The van der Waals surface area contributed by atoms with Gasteiger partial charge >= 0.3 is 22.7 Å². The maximum Gasteiger partial charge on any atom is 0.539 e. The van der Waals surface area contributed by atoms with E-state index in [1.807, 2.05) is 0 Å². The third kappa shape index (κ3) is 7.92. The van der Waals surface area contributed by atoms with Crippen molar-refractivity contribution in [3.63, 3.8) is 0 Å². The quantitative estimate of drug-likeness (QED) is 0.601. The van der Waals surface area contributed by atoms with E-state index in [1.54, 1.807) is 27.7 Å². The van der Waals surface area contributed by atoms with Gasteiger partial charge in [0.1, 0.15) is 5.76 Å². The molecule has 1 atom stereocenters. The van der Waals surface area contributed by atoms with Gasteiger partial charge in [0.2, 0.25) is 0 Å². The minimum absolute atomic E-state index is 0.0270. The van der Waals surface area contributed by atoms with Gasteiger partial charge in [0.15, 0.2) is 6.10 Å². The lowest BCUT2D eigenvalue weighted by Gasteiger charge is -2.30. The summed E-state index contributed by atoms with van der Waals surface area (Å²) in [5.74, 6) is -1.06.